The number of likely N-dealkylation sites (tertiary alicyclic amines) is 1. The van der Waals surface area contributed by atoms with Crippen LogP contribution in [0.4, 0.5) is 5.69 Å². The largest absolute Gasteiger partial charge is 0.490 e. The van der Waals surface area contributed by atoms with Crippen LogP contribution in [0.3, 0.4) is 0 Å². The lowest BCUT2D eigenvalue weighted by Gasteiger charge is -2.41. The molecule has 32 heavy (non-hydrogen) atoms. The summed E-state index contributed by atoms with van der Waals surface area (Å²) < 4.78 is 7.68. The number of hydrogen-bond acceptors (Lipinski definition) is 6. The number of rotatable bonds is 5. The molecule has 1 aliphatic carbocycles. The van der Waals surface area contributed by atoms with E-state index in [1.807, 2.05) is 24.3 Å². The molecule has 9 heteroatoms. The molecule has 2 aromatic rings. The lowest BCUT2D eigenvalue weighted by Crippen LogP contribution is -2.52. The summed E-state index contributed by atoms with van der Waals surface area (Å²) in [6, 6.07) is 8.55. The van der Waals surface area contributed by atoms with E-state index in [9.17, 15) is 9.59 Å². The van der Waals surface area contributed by atoms with Crippen LogP contribution in [0, 0.1) is 0 Å². The molecule has 0 bridgehead atoms. The van der Waals surface area contributed by atoms with Crippen LogP contribution in [0.25, 0.3) is 0 Å². The van der Waals surface area contributed by atoms with Crippen LogP contribution >= 0.6 is 0 Å². The van der Waals surface area contributed by atoms with Gasteiger partial charge >= 0.3 is 0 Å². The van der Waals surface area contributed by atoms with Crippen molar-refractivity contribution < 1.29 is 14.3 Å². The van der Waals surface area contributed by atoms with Gasteiger partial charge in [0, 0.05) is 45.0 Å². The van der Waals surface area contributed by atoms with E-state index in [2.05, 4.69) is 15.2 Å². The fourth-order valence-corrected chi connectivity index (χ4v) is 4.73. The number of amides is 2. The Kier molecular flexibility index (Phi) is 5.82. The van der Waals surface area contributed by atoms with Crippen LogP contribution in [0.2, 0.25) is 0 Å². The molecule has 0 unspecified atom stereocenters. The van der Waals surface area contributed by atoms with Crippen LogP contribution in [-0.2, 0) is 11.8 Å². The zero-order valence-electron chi connectivity index (χ0n) is 18.5. The Labute approximate surface area is 187 Å². The lowest BCUT2D eigenvalue weighted by atomic mass is 9.90. The van der Waals surface area contributed by atoms with Gasteiger partial charge in [0.25, 0.3) is 5.91 Å². The predicted molar refractivity (Wildman–Crippen MR) is 119 cm³/mol. The Morgan fingerprint density at radius 1 is 1.03 bits per heavy atom. The van der Waals surface area contributed by atoms with Crippen LogP contribution in [-0.4, -0.2) is 81.5 Å². The molecule has 2 amide bonds. The first-order valence-corrected chi connectivity index (χ1v) is 11.5. The third-order valence-corrected chi connectivity index (χ3v) is 6.85. The third kappa shape index (κ3) is 4.34. The zero-order valence-corrected chi connectivity index (χ0v) is 18.5. The highest BCUT2D eigenvalue weighted by Gasteiger charge is 2.31. The zero-order chi connectivity index (χ0) is 22.1. The van der Waals surface area contributed by atoms with Gasteiger partial charge in [-0.3, -0.25) is 14.3 Å². The second-order valence-electron chi connectivity index (χ2n) is 8.98. The average Bonchev–Trinajstić information content (AvgIpc) is 3.20. The van der Waals surface area contributed by atoms with E-state index < -0.39 is 0 Å². The normalized spacial score (nSPS) is 21.0. The highest BCUT2D eigenvalue weighted by molar-refractivity contribution is 6.00. The maximum Gasteiger partial charge on any atom is 0.276 e. The summed E-state index contributed by atoms with van der Waals surface area (Å²) in [6.45, 7) is 3.19. The van der Waals surface area contributed by atoms with Crippen molar-refractivity contribution in [2.75, 3.05) is 37.6 Å². The Hall–Kier alpha value is -2.94. The number of ether oxygens (including phenoxy) is 1. The quantitative estimate of drug-likeness (QED) is 0.707. The number of anilines is 1. The van der Waals surface area contributed by atoms with Crippen LogP contribution in [0.15, 0.2) is 30.5 Å². The molecule has 2 aliphatic heterocycles. The molecule has 3 fully saturated rings. The van der Waals surface area contributed by atoms with Gasteiger partial charge in [-0.1, -0.05) is 11.6 Å². The minimum atomic E-state index is -0.266. The Morgan fingerprint density at radius 2 is 1.78 bits per heavy atom. The predicted octanol–water partition coefficient (Wildman–Crippen LogP) is 1.70. The summed E-state index contributed by atoms with van der Waals surface area (Å²) in [5.74, 6) is 0.475. The molecule has 2 saturated heterocycles. The third-order valence-electron chi connectivity index (χ3n) is 6.85. The lowest BCUT2D eigenvalue weighted by molar-refractivity contribution is -0.120. The summed E-state index contributed by atoms with van der Waals surface area (Å²) in [4.78, 5) is 31.1. The number of nitrogens with zero attached hydrogens (tertiary/aromatic N) is 6. The number of aromatic nitrogens is 3. The van der Waals surface area contributed by atoms with Gasteiger partial charge in [0.05, 0.1) is 6.20 Å². The van der Waals surface area contributed by atoms with E-state index in [0.29, 0.717) is 13.1 Å². The van der Waals surface area contributed by atoms with E-state index in [0.717, 1.165) is 43.4 Å². The van der Waals surface area contributed by atoms with E-state index >= 15 is 0 Å². The summed E-state index contributed by atoms with van der Waals surface area (Å²) in [7, 11) is 1.71. The number of piperidine rings is 1. The fraction of sp³-hybridized carbons (Fsp3) is 0.565. The van der Waals surface area contributed by atoms with E-state index in [1.165, 1.54) is 28.8 Å². The number of benzene rings is 1. The topological polar surface area (TPSA) is 83.8 Å². The molecular formula is C23H30N6O3. The molecule has 0 N–H and O–H groups in total. The number of aryl methyl sites for hydroxylation is 1. The second-order valence-corrected chi connectivity index (χ2v) is 8.98. The van der Waals surface area contributed by atoms with Gasteiger partial charge in [0.1, 0.15) is 18.4 Å². The van der Waals surface area contributed by atoms with E-state index in [-0.39, 0.29) is 30.2 Å². The molecule has 3 aliphatic rings. The molecule has 0 spiro atoms. The maximum atomic E-state index is 12.7. The molecule has 9 nitrogen and oxygen atoms in total. The Balaban J connectivity index is 1.13. The van der Waals surface area contributed by atoms with Crippen molar-refractivity contribution in [3.05, 3.63) is 36.2 Å². The average molecular weight is 439 g/mol. The first-order valence-electron chi connectivity index (χ1n) is 11.5. The summed E-state index contributed by atoms with van der Waals surface area (Å²) in [5.41, 5.74) is 1.09. The van der Waals surface area contributed by atoms with E-state index in [1.54, 1.807) is 18.1 Å². The maximum absolute atomic E-state index is 12.7. The monoisotopic (exact) mass is 438 g/mol. The van der Waals surface area contributed by atoms with E-state index in [4.69, 9.17) is 4.74 Å². The number of carbonyl (C=O) groups excluding carboxylic acids is 2. The first-order chi connectivity index (χ1) is 15.6. The molecule has 1 aromatic heterocycles. The first kappa shape index (κ1) is 20.9. The molecular weight excluding hydrogens is 408 g/mol. The molecule has 0 radical (unpaired) electrons. The van der Waals surface area contributed by atoms with Crippen molar-refractivity contribution in [2.24, 2.45) is 7.05 Å². The minimum absolute atomic E-state index is 0.0349. The Bertz CT molecular complexity index is 962. The molecule has 1 saturated carbocycles. The van der Waals surface area contributed by atoms with Gasteiger partial charge in [0.2, 0.25) is 5.91 Å². The highest BCUT2D eigenvalue weighted by atomic mass is 16.5. The van der Waals surface area contributed by atoms with Crippen molar-refractivity contribution in [1.82, 2.24) is 24.8 Å². The second kappa shape index (κ2) is 8.90. The smallest absolute Gasteiger partial charge is 0.276 e. The number of piperazine rings is 1. The highest BCUT2D eigenvalue weighted by Crippen LogP contribution is 2.29. The number of hydrogen-bond donors (Lipinski definition) is 0. The van der Waals surface area contributed by atoms with Gasteiger partial charge in [-0.25, -0.2) is 0 Å². The summed E-state index contributed by atoms with van der Waals surface area (Å²) >= 11 is 0. The van der Waals surface area contributed by atoms with Crippen molar-refractivity contribution >= 4 is 17.5 Å². The molecule has 5 rings (SSSR count). The summed E-state index contributed by atoms with van der Waals surface area (Å²) in [5, 5.41) is 7.64. The Morgan fingerprint density at radius 3 is 2.38 bits per heavy atom. The fourth-order valence-electron chi connectivity index (χ4n) is 4.73. The van der Waals surface area contributed by atoms with Crippen molar-refractivity contribution in [2.45, 2.75) is 44.2 Å². The van der Waals surface area contributed by atoms with Crippen molar-refractivity contribution in [3.63, 3.8) is 0 Å². The van der Waals surface area contributed by atoms with Gasteiger partial charge in [-0.2, -0.15) is 0 Å². The number of carbonyl (C=O) groups is 2. The van der Waals surface area contributed by atoms with Crippen molar-refractivity contribution in [1.29, 1.82) is 0 Å². The van der Waals surface area contributed by atoms with Gasteiger partial charge in [0.15, 0.2) is 5.69 Å². The molecule has 170 valence electrons. The summed E-state index contributed by atoms with van der Waals surface area (Å²) in [6.07, 6.45) is 8.05. The van der Waals surface area contributed by atoms with Crippen LogP contribution in [0.1, 0.15) is 42.6 Å². The molecule has 3 heterocycles. The standard InChI is InChI=1S/C23H30N6O3/c1-26-15-21(24-25-26)23(31)28-13-14-29(22(30)16-28)18-5-7-19(8-6-18)32-20-9-11-27(12-10-20)17-3-2-4-17/h5-8,15,17,20H,2-4,9-14,16H2,1H3. The molecule has 0 atom stereocenters. The van der Waals surface area contributed by atoms with Gasteiger partial charge in [-0.05, 0) is 49.9 Å². The SMILES string of the molecule is Cn1cc(C(=O)N2CCN(c3ccc(OC4CCN(C5CCC5)CC4)cc3)C(=O)C2)nn1. The van der Waals surface area contributed by atoms with Crippen molar-refractivity contribution in [3.8, 4) is 5.75 Å². The van der Waals surface area contributed by atoms with Crippen LogP contribution in [0.5, 0.6) is 5.75 Å². The molecule has 1 aromatic carbocycles. The minimum Gasteiger partial charge on any atom is -0.490 e. The van der Waals surface area contributed by atoms with Gasteiger partial charge < -0.3 is 19.4 Å². The van der Waals surface area contributed by atoms with Gasteiger partial charge in [-0.15, -0.1) is 5.10 Å². The van der Waals surface area contributed by atoms with Crippen LogP contribution < -0.4 is 9.64 Å².